The molecule has 1 fully saturated rings. The number of hydrogen-bond donors (Lipinski definition) is 1. The van der Waals surface area contributed by atoms with E-state index >= 15 is 0 Å². The number of nitrogens with one attached hydrogen (secondary N) is 1. The summed E-state index contributed by atoms with van der Waals surface area (Å²) in [5, 5.41) is 4.07. The molecule has 0 aromatic carbocycles. The van der Waals surface area contributed by atoms with Gasteiger partial charge in [0.2, 0.25) is 0 Å². The monoisotopic (exact) mass is 351 g/mol. The van der Waals surface area contributed by atoms with Crippen molar-refractivity contribution < 1.29 is 8.42 Å². The molecule has 8 heteroatoms. The average Bonchev–Trinajstić information content (AvgIpc) is 2.59. The molecule has 0 unspecified atom stereocenters. The first-order valence-electron chi connectivity index (χ1n) is 6.98. The van der Waals surface area contributed by atoms with Crippen LogP contribution in [-0.2, 0) is 9.84 Å². The highest BCUT2D eigenvalue weighted by molar-refractivity contribution is 7.91. The van der Waals surface area contributed by atoms with Crippen LogP contribution in [0.2, 0.25) is 10.0 Å². The lowest BCUT2D eigenvalue weighted by Crippen LogP contribution is -2.28. The van der Waals surface area contributed by atoms with Crippen molar-refractivity contribution in [1.29, 1.82) is 0 Å². The van der Waals surface area contributed by atoms with Crippen molar-refractivity contribution in [2.24, 2.45) is 0 Å². The van der Waals surface area contributed by atoms with E-state index in [1.54, 1.807) is 6.07 Å². The van der Waals surface area contributed by atoms with Gasteiger partial charge < -0.3 is 10.2 Å². The summed E-state index contributed by atoms with van der Waals surface area (Å²) in [7, 11) is -2.96. The molecule has 5 nitrogen and oxygen atoms in total. The number of rotatable bonds is 4. The Morgan fingerprint density at radius 3 is 2.76 bits per heavy atom. The number of pyridine rings is 1. The van der Waals surface area contributed by atoms with Crippen LogP contribution in [0.4, 0.5) is 11.6 Å². The Morgan fingerprint density at radius 2 is 2.05 bits per heavy atom. The molecule has 2 rings (SSSR count). The molecular formula is C13H19Cl2N3O2S. The van der Waals surface area contributed by atoms with Crippen LogP contribution >= 0.6 is 23.2 Å². The van der Waals surface area contributed by atoms with Gasteiger partial charge in [-0.2, -0.15) is 0 Å². The average molecular weight is 352 g/mol. The maximum absolute atomic E-state index is 11.7. The summed E-state index contributed by atoms with van der Waals surface area (Å²) in [6, 6.07) is 1.66. The fraction of sp³-hybridized carbons (Fsp3) is 0.615. The van der Waals surface area contributed by atoms with Crippen LogP contribution in [0.15, 0.2) is 6.07 Å². The third-order valence-electron chi connectivity index (χ3n) is 3.31. The number of nitrogens with zero attached hydrogens (tertiary/aromatic N) is 2. The number of anilines is 2. The summed E-state index contributed by atoms with van der Waals surface area (Å²) in [6.45, 7) is 3.85. The van der Waals surface area contributed by atoms with Gasteiger partial charge in [-0.3, -0.25) is 0 Å². The van der Waals surface area contributed by atoms with E-state index in [0.717, 1.165) is 13.0 Å². The van der Waals surface area contributed by atoms with Crippen molar-refractivity contribution in [2.75, 3.05) is 41.4 Å². The van der Waals surface area contributed by atoms with E-state index in [1.807, 2.05) is 4.90 Å². The Bertz CT molecular complexity index is 608. The topological polar surface area (TPSA) is 62.3 Å². The summed E-state index contributed by atoms with van der Waals surface area (Å²) in [5.74, 6) is 1.53. The molecule has 1 saturated heterocycles. The third kappa shape index (κ3) is 4.37. The maximum atomic E-state index is 11.7. The van der Waals surface area contributed by atoms with E-state index in [-0.39, 0.29) is 11.5 Å². The lowest BCUT2D eigenvalue weighted by Gasteiger charge is -2.23. The summed E-state index contributed by atoms with van der Waals surface area (Å²) >= 11 is 12.4. The van der Waals surface area contributed by atoms with Crippen LogP contribution < -0.4 is 10.2 Å². The third-order valence-corrected chi connectivity index (χ3v) is 5.59. The molecule has 1 aromatic rings. The fourth-order valence-corrected chi connectivity index (χ4v) is 4.01. The molecule has 0 bridgehead atoms. The zero-order valence-electron chi connectivity index (χ0n) is 11.9. The normalized spacial score (nSPS) is 18.3. The molecule has 1 aliphatic rings. The quantitative estimate of drug-likeness (QED) is 0.903. The van der Waals surface area contributed by atoms with Gasteiger partial charge in [0.15, 0.2) is 9.84 Å². The highest BCUT2D eigenvalue weighted by Gasteiger charge is 2.22. The predicted octanol–water partition coefficient (Wildman–Crippen LogP) is 2.84. The fourth-order valence-electron chi connectivity index (χ4n) is 2.20. The zero-order chi connectivity index (χ0) is 15.5. The summed E-state index contributed by atoms with van der Waals surface area (Å²) < 4.78 is 23.4. The Morgan fingerprint density at radius 1 is 1.29 bits per heavy atom. The maximum Gasteiger partial charge on any atom is 0.152 e. The van der Waals surface area contributed by atoms with Gasteiger partial charge in [-0.25, -0.2) is 13.4 Å². The molecule has 118 valence electrons. The van der Waals surface area contributed by atoms with E-state index < -0.39 is 9.84 Å². The minimum Gasteiger partial charge on any atom is -0.369 e. The lowest BCUT2D eigenvalue weighted by atomic mass is 10.3. The Hall–Kier alpha value is -0.720. The van der Waals surface area contributed by atoms with Crippen LogP contribution in [0.5, 0.6) is 0 Å². The first-order valence-corrected chi connectivity index (χ1v) is 9.56. The zero-order valence-corrected chi connectivity index (χ0v) is 14.2. The van der Waals surface area contributed by atoms with Crippen molar-refractivity contribution >= 4 is 44.7 Å². The highest BCUT2D eigenvalue weighted by atomic mass is 35.5. The molecular weight excluding hydrogens is 333 g/mol. The van der Waals surface area contributed by atoms with Crippen molar-refractivity contribution in [2.45, 2.75) is 19.8 Å². The van der Waals surface area contributed by atoms with Gasteiger partial charge in [-0.1, -0.05) is 30.1 Å². The van der Waals surface area contributed by atoms with Crippen LogP contribution in [0.1, 0.15) is 19.8 Å². The number of hydrogen-bond acceptors (Lipinski definition) is 5. The molecule has 2 heterocycles. The number of halogens is 2. The van der Waals surface area contributed by atoms with Crippen molar-refractivity contribution in [3.05, 3.63) is 16.1 Å². The van der Waals surface area contributed by atoms with Gasteiger partial charge in [0.25, 0.3) is 0 Å². The Balaban J connectivity index is 2.25. The van der Waals surface area contributed by atoms with Gasteiger partial charge in [-0.05, 0) is 18.9 Å². The predicted molar refractivity (Wildman–Crippen MR) is 88.5 cm³/mol. The minimum atomic E-state index is -2.96. The molecule has 0 radical (unpaired) electrons. The van der Waals surface area contributed by atoms with Gasteiger partial charge in [0.1, 0.15) is 11.6 Å². The largest absolute Gasteiger partial charge is 0.369 e. The first-order chi connectivity index (χ1) is 9.93. The van der Waals surface area contributed by atoms with Crippen LogP contribution in [0.3, 0.4) is 0 Å². The standard InChI is InChI=1S/C13H19Cl2N3O2S/c1-2-4-16-12-10(14)9-11(15)13(17-12)18-5-3-7-21(19,20)8-6-18/h9H,2-8H2,1H3,(H,16,17). The van der Waals surface area contributed by atoms with E-state index in [0.29, 0.717) is 41.2 Å². The van der Waals surface area contributed by atoms with E-state index in [9.17, 15) is 8.42 Å². The van der Waals surface area contributed by atoms with E-state index in [2.05, 4.69) is 17.2 Å². The molecule has 0 aliphatic carbocycles. The van der Waals surface area contributed by atoms with Gasteiger partial charge >= 0.3 is 0 Å². The first kappa shape index (κ1) is 16.6. The molecule has 1 aromatic heterocycles. The van der Waals surface area contributed by atoms with Crippen molar-refractivity contribution in [3.8, 4) is 0 Å². The van der Waals surface area contributed by atoms with Crippen molar-refractivity contribution in [3.63, 3.8) is 0 Å². The second kappa shape index (κ2) is 7.03. The van der Waals surface area contributed by atoms with E-state index in [4.69, 9.17) is 23.2 Å². The van der Waals surface area contributed by atoms with Crippen LogP contribution in [-0.4, -0.2) is 44.5 Å². The second-order valence-corrected chi connectivity index (χ2v) is 8.16. The van der Waals surface area contributed by atoms with Crippen molar-refractivity contribution in [1.82, 2.24) is 4.98 Å². The number of aromatic nitrogens is 1. The second-order valence-electron chi connectivity index (χ2n) is 5.04. The molecule has 0 amide bonds. The summed E-state index contributed by atoms with van der Waals surface area (Å²) in [5.41, 5.74) is 0. The Kier molecular flexibility index (Phi) is 5.57. The molecule has 0 saturated carbocycles. The highest BCUT2D eigenvalue weighted by Crippen LogP contribution is 2.32. The van der Waals surface area contributed by atoms with Gasteiger partial charge in [0, 0.05) is 19.6 Å². The molecule has 0 spiro atoms. The molecule has 1 N–H and O–H groups in total. The Labute approximate surface area is 135 Å². The van der Waals surface area contributed by atoms with Gasteiger partial charge in [-0.15, -0.1) is 0 Å². The summed E-state index contributed by atoms with van der Waals surface area (Å²) in [6.07, 6.45) is 1.54. The minimum absolute atomic E-state index is 0.130. The number of sulfone groups is 1. The molecule has 21 heavy (non-hydrogen) atoms. The smallest absolute Gasteiger partial charge is 0.152 e. The molecule has 1 aliphatic heterocycles. The molecule has 0 atom stereocenters. The lowest BCUT2D eigenvalue weighted by molar-refractivity contribution is 0.597. The summed E-state index contributed by atoms with van der Waals surface area (Å²) in [4.78, 5) is 6.40. The van der Waals surface area contributed by atoms with Gasteiger partial charge in [0.05, 0.1) is 21.6 Å². The van der Waals surface area contributed by atoms with Crippen LogP contribution in [0, 0.1) is 0 Å². The SMILES string of the molecule is CCCNc1nc(N2CCCS(=O)(=O)CC2)c(Cl)cc1Cl. The van der Waals surface area contributed by atoms with Crippen LogP contribution in [0.25, 0.3) is 0 Å². The van der Waals surface area contributed by atoms with E-state index in [1.165, 1.54) is 0 Å².